The fourth-order valence-electron chi connectivity index (χ4n) is 3.09. The molecule has 1 saturated carbocycles. The van der Waals surface area contributed by atoms with Crippen LogP contribution < -0.4 is 0 Å². The average Bonchev–Trinajstić information content (AvgIpc) is 2.93. The van der Waals surface area contributed by atoms with Gasteiger partial charge in [-0.3, -0.25) is 0 Å². The van der Waals surface area contributed by atoms with Crippen molar-refractivity contribution in [1.29, 1.82) is 0 Å². The Morgan fingerprint density at radius 2 is 1.85 bits per heavy atom. The predicted octanol–water partition coefficient (Wildman–Crippen LogP) is 3.12. The van der Waals surface area contributed by atoms with Crippen LogP contribution in [0.1, 0.15) is 55.0 Å². The lowest BCUT2D eigenvalue weighted by molar-refractivity contribution is 0.273. The molecule has 0 aliphatic heterocycles. The van der Waals surface area contributed by atoms with Gasteiger partial charge in [0.15, 0.2) is 0 Å². The molecule has 4 heteroatoms. The Bertz CT molecular complexity index is 568. The molecule has 0 atom stereocenters. The highest BCUT2D eigenvalue weighted by molar-refractivity contribution is 5.36. The van der Waals surface area contributed by atoms with E-state index in [2.05, 4.69) is 41.5 Å². The van der Waals surface area contributed by atoms with Gasteiger partial charge < -0.3 is 5.11 Å². The third-order valence-electron chi connectivity index (χ3n) is 4.20. The maximum atomic E-state index is 9.54. The van der Waals surface area contributed by atoms with Gasteiger partial charge in [0.2, 0.25) is 0 Å². The zero-order valence-electron chi connectivity index (χ0n) is 11.9. The van der Waals surface area contributed by atoms with Crippen LogP contribution >= 0.6 is 0 Å². The highest BCUT2D eigenvalue weighted by Crippen LogP contribution is 2.34. The van der Waals surface area contributed by atoms with Crippen LogP contribution in [0.4, 0.5) is 0 Å². The third kappa shape index (κ3) is 2.48. The molecule has 1 aliphatic rings. The Kier molecular flexibility index (Phi) is 3.83. The Morgan fingerprint density at radius 1 is 1.15 bits per heavy atom. The molecule has 1 aliphatic carbocycles. The summed E-state index contributed by atoms with van der Waals surface area (Å²) in [5, 5.41) is 18.0. The minimum atomic E-state index is -0.0301. The largest absolute Gasteiger partial charge is 0.390 e. The van der Waals surface area contributed by atoms with E-state index in [0.717, 1.165) is 17.1 Å². The molecule has 0 unspecified atom stereocenters. The van der Waals surface area contributed by atoms with Gasteiger partial charge in [0, 0.05) is 5.92 Å². The van der Waals surface area contributed by atoms with Gasteiger partial charge in [-0.15, -0.1) is 5.10 Å². The molecule has 3 rings (SSSR count). The molecule has 0 radical (unpaired) electrons. The summed E-state index contributed by atoms with van der Waals surface area (Å²) in [5.41, 5.74) is 4.10. The molecule has 0 amide bonds. The van der Waals surface area contributed by atoms with Gasteiger partial charge >= 0.3 is 0 Å². The molecule has 1 fully saturated rings. The number of benzene rings is 1. The monoisotopic (exact) mass is 271 g/mol. The second kappa shape index (κ2) is 5.75. The molecule has 0 spiro atoms. The fourth-order valence-corrected chi connectivity index (χ4v) is 3.09. The van der Waals surface area contributed by atoms with Gasteiger partial charge in [0.25, 0.3) is 0 Å². The van der Waals surface area contributed by atoms with Crippen molar-refractivity contribution < 1.29 is 5.11 Å². The number of rotatable bonds is 3. The SMILES string of the molecule is Cc1ccc(-n2nnc(CO)c2C2CCCCC2)cc1. The Morgan fingerprint density at radius 3 is 2.50 bits per heavy atom. The van der Waals surface area contributed by atoms with Gasteiger partial charge in [0.1, 0.15) is 5.69 Å². The zero-order chi connectivity index (χ0) is 13.9. The number of aliphatic hydroxyl groups is 1. The number of hydrogen-bond acceptors (Lipinski definition) is 3. The summed E-state index contributed by atoms with van der Waals surface area (Å²) < 4.78 is 1.92. The Balaban J connectivity index is 2.02. The number of aliphatic hydroxyl groups excluding tert-OH is 1. The van der Waals surface area contributed by atoms with E-state index < -0.39 is 0 Å². The summed E-state index contributed by atoms with van der Waals surface area (Å²) in [6.45, 7) is 2.05. The maximum absolute atomic E-state index is 9.54. The van der Waals surface area contributed by atoms with Crippen molar-refractivity contribution in [2.45, 2.75) is 51.6 Å². The van der Waals surface area contributed by atoms with Crippen LogP contribution in [0.2, 0.25) is 0 Å². The summed E-state index contributed by atoms with van der Waals surface area (Å²) in [6, 6.07) is 8.30. The van der Waals surface area contributed by atoms with E-state index in [4.69, 9.17) is 0 Å². The number of hydrogen-bond donors (Lipinski definition) is 1. The first-order chi connectivity index (χ1) is 9.79. The van der Waals surface area contributed by atoms with E-state index in [1.165, 1.54) is 37.7 Å². The maximum Gasteiger partial charge on any atom is 0.112 e. The first-order valence-electron chi connectivity index (χ1n) is 7.42. The van der Waals surface area contributed by atoms with Gasteiger partial charge in [-0.1, -0.05) is 42.2 Å². The normalized spacial score (nSPS) is 16.5. The van der Waals surface area contributed by atoms with Crippen LogP contribution in [-0.4, -0.2) is 20.1 Å². The second-order valence-electron chi connectivity index (χ2n) is 5.66. The summed E-state index contributed by atoms with van der Waals surface area (Å²) in [4.78, 5) is 0. The van der Waals surface area contributed by atoms with Crippen LogP contribution in [0.25, 0.3) is 5.69 Å². The third-order valence-corrected chi connectivity index (χ3v) is 4.20. The first kappa shape index (κ1) is 13.3. The van der Waals surface area contributed by atoms with Crippen molar-refractivity contribution in [2.24, 2.45) is 0 Å². The van der Waals surface area contributed by atoms with Crippen LogP contribution in [0, 0.1) is 6.92 Å². The summed E-state index contributed by atoms with van der Waals surface area (Å²) >= 11 is 0. The lowest BCUT2D eigenvalue weighted by Crippen LogP contribution is -2.12. The molecule has 0 saturated heterocycles. The van der Waals surface area contributed by atoms with E-state index in [0.29, 0.717) is 5.92 Å². The second-order valence-corrected chi connectivity index (χ2v) is 5.66. The van der Waals surface area contributed by atoms with Crippen LogP contribution in [0.3, 0.4) is 0 Å². The van der Waals surface area contributed by atoms with Gasteiger partial charge in [-0.05, 0) is 31.9 Å². The molecular formula is C16H21N3O. The molecule has 4 nitrogen and oxygen atoms in total. The van der Waals surface area contributed by atoms with Gasteiger partial charge in [-0.25, -0.2) is 4.68 Å². The summed E-state index contributed by atoms with van der Waals surface area (Å²) in [7, 11) is 0. The van der Waals surface area contributed by atoms with Crippen LogP contribution in [0.5, 0.6) is 0 Å². The van der Waals surface area contributed by atoms with Crippen molar-refractivity contribution in [3.05, 3.63) is 41.2 Å². The molecule has 2 aromatic rings. The molecule has 1 N–H and O–H groups in total. The van der Waals surface area contributed by atoms with Crippen molar-refractivity contribution in [1.82, 2.24) is 15.0 Å². The predicted molar refractivity (Wildman–Crippen MR) is 77.8 cm³/mol. The lowest BCUT2D eigenvalue weighted by Gasteiger charge is -2.23. The van der Waals surface area contributed by atoms with Gasteiger partial charge in [-0.2, -0.15) is 0 Å². The molecule has 0 bridgehead atoms. The van der Waals surface area contributed by atoms with Crippen molar-refractivity contribution >= 4 is 0 Å². The minimum absolute atomic E-state index is 0.0301. The molecule has 1 heterocycles. The van der Waals surface area contributed by atoms with Crippen LogP contribution in [0.15, 0.2) is 24.3 Å². The summed E-state index contributed by atoms with van der Waals surface area (Å²) in [6.07, 6.45) is 6.18. The highest BCUT2D eigenvalue weighted by Gasteiger charge is 2.24. The van der Waals surface area contributed by atoms with Gasteiger partial charge in [0.05, 0.1) is 18.0 Å². The van der Waals surface area contributed by atoms with E-state index in [-0.39, 0.29) is 6.61 Å². The van der Waals surface area contributed by atoms with Crippen LogP contribution in [-0.2, 0) is 6.61 Å². The zero-order valence-corrected chi connectivity index (χ0v) is 11.9. The highest BCUT2D eigenvalue weighted by atomic mass is 16.3. The van der Waals surface area contributed by atoms with Crippen molar-refractivity contribution in [3.8, 4) is 5.69 Å². The topological polar surface area (TPSA) is 50.9 Å². The molecule has 1 aromatic heterocycles. The number of aryl methyl sites for hydroxylation is 1. The number of nitrogens with zero attached hydrogens (tertiary/aromatic N) is 3. The molecule has 106 valence electrons. The molecule has 1 aromatic carbocycles. The quantitative estimate of drug-likeness (QED) is 0.933. The lowest BCUT2D eigenvalue weighted by atomic mass is 9.86. The molecule has 20 heavy (non-hydrogen) atoms. The summed E-state index contributed by atoms with van der Waals surface area (Å²) in [5.74, 6) is 0.474. The Hall–Kier alpha value is -1.68. The van der Waals surface area contributed by atoms with E-state index in [1.54, 1.807) is 0 Å². The number of aromatic nitrogens is 3. The smallest absolute Gasteiger partial charge is 0.112 e. The van der Waals surface area contributed by atoms with E-state index in [1.807, 2.05) is 4.68 Å². The van der Waals surface area contributed by atoms with Crippen molar-refractivity contribution in [3.63, 3.8) is 0 Å². The van der Waals surface area contributed by atoms with E-state index in [9.17, 15) is 5.11 Å². The fraction of sp³-hybridized carbons (Fsp3) is 0.500. The van der Waals surface area contributed by atoms with Crippen molar-refractivity contribution in [2.75, 3.05) is 0 Å². The average molecular weight is 271 g/mol. The standard InChI is InChI=1S/C16H21N3O/c1-12-7-9-14(10-8-12)19-16(15(11-20)17-18-19)13-5-3-2-4-6-13/h7-10,13,20H,2-6,11H2,1H3. The van der Waals surface area contributed by atoms with E-state index >= 15 is 0 Å². The first-order valence-corrected chi connectivity index (χ1v) is 7.42. The minimum Gasteiger partial charge on any atom is -0.390 e. The Labute approximate surface area is 119 Å². The molecular weight excluding hydrogens is 250 g/mol.